The number of amides is 1. The summed E-state index contributed by atoms with van der Waals surface area (Å²) in [5, 5.41) is 0. The first-order chi connectivity index (χ1) is 11.4. The highest BCUT2D eigenvalue weighted by Crippen LogP contribution is 2.27. The lowest BCUT2D eigenvalue weighted by atomic mass is 9.84. The predicted molar refractivity (Wildman–Crippen MR) is 99.5 cm³/mol. The zero-order valence-electron chi connectivity index (χ0n) is 15.6. The Morgan fingerprint density at radius 1 is 1.25 bits per heavy atom. The maximum absolute atomic E-state index is 12.5. The largest absolute Gasteiger partial charge is 0.342 e. The number of carbonyl (C=O) groups excluding carboxylic acids is 1. The summed E-state index contributed by atoms with van der Waals surface area (Å²) < 4.78 is 0. The van der Waals surface area contributed by atoms with E-state index in [-0.39, 0.29) is 11.9 Å². The van der Waals surface area contributed by atoms with E-state index >= 15 is 0 Å². The molecule has 0 spiro atoms. The van der Waals surface area contributed by atoms with Crippen LogP contribution in [0.5, 0.6) is 0 Å². The first-order valence-electron chi connectivity index (χ1n) is 9.16. The lowest BCUT2D eigenvalue weighted by molar-refractivity contribution is -0.136. The average Bonchev–Trinajstić information content (AvgIpc) is 2.52. The van der Waals surface area contributed by atoms with Gasteiger partial charge in [-0.1, -0.05) is 44.2 Å². The van der Waals surface area contributed by atoms with E-state index < -0.39 is 0 Å². The third-order valence-corrected chi connectivity index (χ3v) is 5.16. The van der Waals surface area contributed by atoms with Crippen molar-refractivity contribution >= 4 is 5.91 Å². The molecule has 0 saturated carbocycles. The van der Waals surface area contributed by atoms with E-state index in [1.807, 2.05) is 18.9 Å². The lowest BCUT2D eigenvalue weighted by Crippen LogP contribution is -2.55. The number of benzene rings is 1. The number of likely N-dealkylation sites (tertiary alicyclic amines) is 1. The molecule has 134 valence electrons. The van der Waals surface area contributed by atoms with Crippen molar-refractivity contribution in [1.82, 2.24) is 9.80 Å². The first kappa shape index (κ1) is 18.9. The van der Waals surface area contributed by atoms with Gasteiger partial charge in [0.05, 0.1) is 0 Å². The minimum Gasteiger partial charge on any atom is -0.342 e. The summed E-state index contributed by atoms with van der Waals surface area (Å²) in [4.78, 5) is 17.0. The summed E-state index contributed by atoms with van der Waals surface area (Å²) >= 11 is 0. The van der Waals surface area contributed by atoms with Crippen molar-refractivity contribution in [3.05, 3.63) is 35.9 Å². The molecule has 1 aromatic rings. The summed E-state index contributed by atoms with van der Waals surface area (Å²) in [5.41, 5.74) is 7.15. The highest BCUT2D eigenvalue weighted by Gasteiger charge is 2.36. The molecule has 1 aromatic carbocycles. The Bertz CT molecular complexity index is 505. The summed E-state index contributed by atoms with van der Waals surface area (Å²) in [5.74, 6) is 1.18. The van der Waals surface area contributed by atoms with Crippen molar-refractivity contribution in [2.75, 3.05) is 20.1 Å². The number of piperidine rings is 1. The molecule has 0 bridgehead atoms. The van der Waals surface area contributed by atoms with E-state index in [0.29, 0.717) is 24.3 Å². The highest BCUT2D eigenvalue weighted by molar-refractivity contribution is 5.76. The number of nitrogens with two attached hydrogens (primary N) is 1. The van der Waals surface area contributed by atoms with Gasteiger partial charge in [0.15, 0.2) is 0 Å². The summed E-state index contributed by atoms with van der Waals surface area (Å²) in [6, 6.07) is 11.0. The number of nitrogens with zero attached hydrogens (tertiary/aromatic N) is 2. The Morgan fingerprint density at radius 2 is 1.83 bits per heavy atom. The molecule has 4 nitrogen and oxygen atoms in total. The predicted octanol–water partition coefficient (Wildman–Crippen LogP) is 2.73. The fourth-order valence-electron chi connectivity index (χ4n) is 4.09. The molecule has 1 heterocycles. The molecule has 3 unspecified atom stereocenters. The van der Waals surface area contributed by atoms with E-state index in [9.17, 15) is 4.79 Å². The first-order valence-corrected chi connectivity index (χ1v) is 9.16. The highest BCUT2D eigenvalue weighted by atomic mass is 16.2. The van der Waals surface area contributed by atoms with Crippen LogP contribution in [-0.4, -0.2) is 47.9 Å². The van der Waals surface area contributed by atoms with E-state index in [1.165, 1.54) is 5.56 Å². The Kier molecular flexibility index (Phi) is 6.81. The van der Waals surface area contributed by atoms with E-state index in [2.05, 4.69) is 49.1 Å². The molecule has 1 fully saturated rings. The molecule has 1 aliphatic heterocycles. The second-order valence-corrected chi connectivity index (χ2v) is 7.65. The quantitative estimate of drug-likeness (QED) is 0.872. The second kappa shape index (κ2) is 8.63. The molecule has 24 heavy (non-hydrogen) atoms. The molecule has 1 amide bonds. The van der Waals surface area contributed by atoms with E-state index in [1.54, 1.807) is 0 Å². The zero-order chi connectivity index (χ0) is 17.7. The Morgan fingerprint density at radius 3 is 2.38 bits per heavy atom. The molecular weight excluding hydrogens is 298 g/mol. The van der Waals surface area contributed by atoms with Crippen LogP contribution in [0.25, 0.3) is 0 Å². The fraction of sp³-hybridized carbons (Fsp3) is 0.650. The Labute approximate surface area is 147 Å². The van der Waals surface area contributed by atoms with Gasteiger partial charge >= 0.3 is 0 Å². The van der Waals surface area contributed by atoms with Crippen molar-refractivity contribution < 1.29 is 4.79 Å². The van der Waals surface area contributed by atoms with Crippen molar-refractivity contribution in [3.8, 4) is 0 Å². The molecular formula is C20H33N3O. The van der Waals surface area contributed by atoms with Gasteiger partial charge in [0, 0.05) is 45.2 Å². The monoisotopic (exact) mass is 331 g/mol. The van der Waals surface area contributed by atoms with Crippen LogP contribution >= 0.6 is 0 Å². The Balaban J connectivity index is 1.93. The van der Waals surface area contributed by atoms with Crippen LogP contribution in [-0.2, 0) is 11.3 Å². The Hall–Kier alpha value is -1.39. The normalized spacial score (nSPS) is 26.1. The topological polar surface area (TPSA) is 49.6 Å². The van der Waals surface area contributed by atoms with E-state index in [0.717, 1.165) is 26.1 Å². The number of carbonyl (C=O) groups is 1. The van der Waals surface area contributed by atoms with Crippen LogP contribution in [0.4, 0.5) is 0 Å². The van der Waals surface area contributed by atoms with Gasteiger partial charge in [0.2, 0.25) is 5.91 Å². The summed E-state index contributed by atoms with van der Waals surface area (Å²) in [7, 11) is 1.97. The molecule has 1 saturated heterocycles. The maximum Gasteiger partial charge on any atom is 0.222 e. The molecule has 4 heteroatoms. The minimum atomic E-state index is 0.0879. The number of rotatable bonds is 6. The number of hydrogen-bond donors (Lipinski definition) is 1. The van der Waals surface area contributed by atoms with Gasteiger partial charge < -0.3 is 10.6 Å². The van der Waals surface area contributed by atoms with Crippen LogP contribution in [0.15, 0.2) is 30.3 Å². The van der Waals surface area contributed by atoms with Gasteiger partial charge in [-0.2, -0.15) is 0 Å². The SMILES string of the molecule is CC(N)CCC(=O)N(C)C1C(C)CN(Cc2ccccc2)CC1C. The fourth-order valence-corrected chi connectivity index (χ4v) is 4.09. The third-order valence-electron chi connectivity index (χ3n) is 5.16. The second-order valence-electron chi connectivity index (χ2n) is 7.65. The zero-order valence-corrected chi connectivity index (χ0v) is 15.6. The van der Waals surface area contributed by atoms with Crippen molar-refractivity contribution in [1.29, 1.82) is 0 Å². The van der Waals surface area contributed by atoms with Crippen LogP contribution in [0.1, 0.15) is 39.2 Å². The van der Waals surface area contributed by atoms with Gasteiger partial charge in [0.1, 0.15) is 0 Å². The van der Waals surface area contributed by atoms with E-state index in [4.69, 9.17) is 5.73 Å². The maximum atomic E-state index is 12.5. The standard InChI is InChI=1S/C20H33N3O/c1-15-12-23(14-18-8-6-5-7-9-18)13-16(2)20(15)22(4)19(24)11-10-17(3)21/h5-9,15-17,20H,10-14,21H2,1-4H3. The van der Waals surface area contributed by atoms with Crippen molar-refractivity contribution in [2.24, 2.45) is 17.6 Å². The van der Waals surface area contributed by atoms with Crippen LogP contribution in [0.3, 0.4) is 0 Å². The van der Waals surface area contributed by atoms with Gasteiger partial charge in [0.25, 0.3) is 0 Å². The summed E-state index contributed by atoms with van der Waals surface area (Å²) in [6.45, 7) is 9.57. The van der Waals surface area contributed by atoms with Gasteiger partial charge in [-0.15, -0.1) is 0 Å². The smallest absolute Gasteiger partial charge is 0.222 e. The van der Waals surface area contributed by atoms with Crippen LogP contribution < -0.4 is 5.73 Å². The van der Waals surface area contributed by atoms with Crippen LogP contribution in [0.2, 0.25) is 0 Å². The molecule has 1 aliphatic rings. The molecule has 0 radical (unpaired) electrons. The molecule has 2 rings (SSSR count). The van der Waals surface area contributed by atoms with Gasteiger partial charge in [-0.05, 0) is 30.7 Å². The minimum absolute atomic E-state index is 0.0879. The van der Waals surface area contributed by atoms with Crippen LogP contribution in [0, 0.1) is 11.8 Å². The molecule has 0 aliphatic carbocycles. The lowest BCUT2D eigenvalue weighted by Gasteiger charge is -2.45. The van der Waals surface area contributed by atoms with Gasteiger partial charge in [-0.25, -0.2) is 0 Å². The van der Waals surface area contributed by atoms with Crippen molar-refractivity contribution in [3.63, 3.8) is 0 Å². The van der Waals surface area contributed by atoms with Gasteiger partial charge in [-0.3, -0.25) is 9.69 Å². The molecule has 0 aromatic heterocycles. The third kappa shape index (κ3) is 5.05. The summed E-state index contributed by atoms with van der Waals surface area (Å²) in [6.07, 6.45) is 1.32. The van der Waals surface area contributed by atoms with Crippen molar-refractivity contribution in [2.45, 2.75) is 52.2 Å². The number of hydrogen-bond acceptors (Lipinski definition) is 3. The molecule has 3 atom stereocenters. The molecule has 2 N–H and O–H groups in total. The average molecular weight is 332 g/mol.